The number of rotatable bonds is 15. The van der Waals surface area contributed by atoms with E-state index in [0.29, 0.717) is 23.5 Å². The molecule has 1 amide bonds. The first kappa shape index (κ1) is 42.0. The number of hydrogen-bond donors (Lipinski definition) is 1. The van der Waals surface area contributed by atoms with Crippen molar-refractivity contribution in [2.75, 3.05) is 31.8 Å². The number of esters is 2. The van der Waals surface area contributed by atoms with E-state index in [1.165, 1.54) is 0 Å². The van der Waals surface area contributed by atoms with Crippen LogP contribution in [0.3, 0.4) is 0 Å². The van der Waals surface area contributed by atoms with E-state index in [4.69, 9.17) is 23.7 Å². The minimum atomic E-state index is -0.997. The van der Waals surface area contributed by atoms with Crippen molar-refractivity contribution in [1.29, 1.82) is 0 Å². The monoisotopic (exact) mass is 811 g/mol. The van der Waals surface area contributed by atoms with Gasteiger partial charge in [0.05, 0.1) is 13.7 Å². The summed E-state index contributed by atoms with van der Waals surface area (Å²) in [6.45, 7) is 9.66. The maximum absolute atomic E-state index is 14.5. The number of carbonyl (C=O) groups is 3. The Hall–Kier alpha value is -4.61. The van der Waals surface area contributed by atoms with Gasteiger partial charge < -0.3 is 29.0 Å². The van der Waals surface area contributed by atoms with Crippen molar-refractivity contribution in [2.45, 2.75) is 81.6 Å². The molecule has 2 unspecified atom stereocenters. The Labute approximate surface area is 344 Å². The number of nitrogens with one attached hydrogen (secondary N) is 1. The summed E-state index contributed by atoms with van der Waals surface area (Å²) in [5.41, 5.74) is 5.60. The Bertz CT molecular complexity index is 1960. The van der Waals surface area contributed by atoms with Gasteiger partial charge in [0.2, 0.25) is 0 Å². The number of carbonyl (C=O) groups excluding carboxylic acids is 3. The Kier molecular flexibility index (Phi) is 13.8. The highest BCUT2D eigenvalue weighted by Gasteiger charge is 2.48. The maximum Gasteiger partial charge on any atom is 0.407 e. The lowest BCUT2D eigenvalue weighted by atomic mass is 9.98. The lowest BCUT2D eigenvalue weighted by Crippen LogP contribution is -2.47. The first-order chi connectivity index (χ1) is 27.4. The van der Waals surface area contributed by atoms with Crippen molar-refractivity contribution in [3.05, 3.63) is 119 Å². The van der Waals surface area contributed by atoms with Crippen molar-refractivity contribution < 1.29 is 38.1 Å². The first-order valence-electron chi connectivity index (χ1n) is 19.6. The van der Waals surface area contributed by atoms with Crippen LogP contribution in [-0.2, 0) is 27.9 Å². The van der Waals surface area contributed by atoms with Gasteiger partial charge in [-0.25, -0.2) is 9.59 Å². The second kappa shape index (κ2) is 18.8. The van der Waals surface area contributed by atoms with E-state index in [-0.39, 0.29) is 37.4 Å². The highest BCUT2D eigenvalue weighted by molar-refractivity contribution is 8.18. The summed E-state index contributed by atoms with van der Waals surface area (Å²) in [5.74, 6) is 1.47. The molecule has 4 aromatic rings. The third-order valence-corrected chi connectivity index (χ3v) is 13.3. The second-order valence-corrected chi connectivity index (χ2v) is 18.5. The van der Waals surface area contributed by atoms with Gasteiger partial charge in [0, 0.05) is 24.0 Å². The van der Waals surface area contributed by atoms with E-state index >= 15 is 0 Å². The molecule has 57 heavy (non-hydrogen) atoms. The lowest BCUT2D eigenvalue weighted by molar-refractivity contribution is -0.155. The van der Waals surface area contributed by atoms with Crippen molar-refractivity contribution in [3.63, 3.8) is 0 Å². The van der Waals surface area contributed by atoms with Gasteiger partial charge in [0.15, 0.2) is 6.10 Å². The molecule has 0 saturated carbocycles. The third-order valence-electron chi connectivity index (χ3n) is 9.87. The number of thioether (sulfide) groups is 2. The second-order valence-electron chi connectivity index (χ2n) is 15.6. The summed E-state index contributed by atoms with van der Waals surface area (Å²) >= 11 is 3.49. The van der Waals surface area contributed by atoms with Crippen LogP contribution in [-0.4, -0.2) is 61.5 Å². The van der Waals surface area contributed by atoms with Crippen LogP contribution in [0.25, 0.3) is 11.1 Å². The summed E-state index contributed by atoms with van der Waals surface area (Å²) in [4.78, 5) is 40.4. The molecule has 0 spiro atoms. The molecule has 9 nitrogen and oxygen atoms in total. The zero-order valence-corrected chi connectivity index (χ0v) is 35.2. The van der Waals surface area contributed by atoms with Gasteiger partial charge in [0.25, 0.3) is 0 Å². The van der Waals surface area contributed by atoms with E-state index in [0.717, 1.165) is 45.7 Å². The smallest absolute Gasteiger partial charge is 0.407 e. The molecule has 1 N–H and O–H groups in total. The largest absolute Gasteiger partial charge is 0.497 e. The van der Waals surface area contributed by atoms with Crippen molar-refractivity contribution in [3.8, 4) is 22.6 Å². The molecule has 4 aromatic carbocycles. The van der Waals surface area contributed by atoms with E-state index in [9.17, 15) is 14.4 Å². The van der Waals surface area contributed by atoms with Crippen LogP contribution in [0.1, 0.15) is 88.2 Å². The molecule has 0 bridgehead atoms. The average Bonchev–Trinajstić information content (AvgIpc) is 3.52. The minimum Gasteiger partial charge on any atom is -0.497 e. The number of fused-ring (bicyclic) bond motifs is 3. The molecule has 0 radical (unpaired) electrons. The highest BCUT2D eigenvalue weighted by Crippen LogP contribution is 2.59. The number of alkyl carbamates (subject to hydrolysis) is 1. The molecule has 1 aliphatic heterocycles. The standard InChI is InChI=1S/C46H53NO8S2/c1-30(2)41(47-44(50)53-29-39-37-20-12-10-18-35(37)36-19-11-13-21-38(36)39)43(49)54-42(46(56-24-15-25-57-46)32-16-8-7-9-17-32)31-26-33(51-6)28-34(27-31)52-23-14-22-40(48)55-45(3,4)5/h7-13,16-21,26-28,30,39,41-42H,14-15,22-25,29H2,1-6H3,(H,47,50). The van der Waals surface area contributed by atoms with Crippen molar-refractivity contribution in [1.82, 2.24) is 5.32 Å². The molecular formula is C46H53NO8S2. The molecule has 1 fully saturated rings. The third kappa shape index (κ3) is 10.3. The predicted octanol–water partition coefficient (Wildman–Crippen LogP) is 10.1. The van der Waals surface area contributed by atoms with Gasteiger partial charge in [-0.3, -0.25) is 4.79 Å². The highest BCUT2D eigenvalue weighted by atomic mass is 32.2. The fraction of sp³-hybridized carbons (Fsp3) is 0.413. The van der Waals surface area contributed by atoms with Crippen molar-refractivity contribution >= 4 is 41.6 Å². The lowest BCUT2D eigenvalue weighted by Gasteiger charge is -2.42. The summed E-state index contributed by atoms with van der Waals surface area (Å²) in [6, 6.07) is 30.9. The molecule has 302 valence electrons. The molecule has 1 saturated heterocycles. The van der Waals surface area contributed by atoms with Gasteiger partial charge in [-0.2, -0.15) is 0 Å². The topological polar surface area (TPSA) is 109 Å². The Balaban J connectivity index is 1.24. The summed E-state index contributed by atoms with van der Waals surface area (Å²) in [6.07, 6.45) is 0.176. The fourth-order valence-corrected chi connectivity index (χ4v) is 10.7. The molecule has 2 atom stereocenters. The summed E-state index contributed by atoms with van der Waals surface area (Å²) in [7, 11) is 1.58. The van der Waals surface area contributed by atoms with Gasteiger partial charge >= 0.3 is 18.0 Å². The molecule has 0 aromatic heterocycles. The van der Waals surface area contributed by atoms with Crippen LogP contribution in [0, 0.1) is 5.92 Å². The van der Waals surface area contributed by atoms with Crippen LogP contribution in [0.4, 0.5) is 4.79 Å². The average molecular weight is 812 g/mol. The van der Waals surface area contributed by atoms with Crippen LogP contribution < -0.4 is 14.8 Å². The maximum atomic E-state index is 14.5. The minimum absolute atomic E-state index is 0.121. The quantitative estimate of drug-likeness (QED) is 0.0708. The Morgan fingerprint density at radius 2 is 1.46 bits per heavy atom. The molecular weight excluding hydrogens is 759 g/mol. The number of ether oxygens (including phenoxy) is 5. The molecule has 2 aliphatic rings. The normalized spacial score (nSPS) is 15.8. The van der Waals surface area contributed by atoms with E-state index in [1.54, 1.807) is 36.7 Å². The van der Waals surface area contributed by atoms with Crippen LogP contribution >= 0.6 is 23.5 Å². The molecule has 6 rings (SSSR count). The van der Waals surface area contributed by atoms with Crippen molar-refractivity contribution in [2.24, 2.45) is 5.92 Å². The van der Waals surface area contributed by atoms with Gasteiger partial charge in [-0.05, 0) is 91.0 Å². The number of amides is 1. The first-order valence-corrected chi connectivity index (χ1v) is 21.5. The number of hydrogen-bond acceptors (Lipinski definition) is 10. The number of methoxy groups -OCH3 is 1. The Morgan fingerprint density at radius 3 is 2.07 bits per heavy atom. The van der Waals surface area contributed by atoms with Gasteiger partial charge in [0.1, 0.15) is 33.8 Å². The predicted molar refractivity (Wildman–Crippen MR) is 227 cm³/mol. The molecule has 1 aliphatic carbocycles. The van der Waals surface area contributed by atoms with Crippen LogP contribution in [0.2, 0.25) is 0 Å². The summed E-state index contributed by atoms with van der Waals surface area (Å²) in [5, 5.41) is 2.86. The van der Waals surface area contributed by atoms with E-state index in [1.807, 2.05) is 89.2 Å². The zero-order valence-electron chi connectivity index (χ0n) is 33.6. The van der Waals surface area contributed by atoms with Gasteiger partial charge in [-0.1, -0.05) is 92.7 Å². The summed E-state index contributed by atoms with van der Waals surface area (Å²) < 4.78 is 29.2. The van der Waals surface area contributed by atoms with Crippen LogP contribution in [0.15, 0.2) is 97.1 Å². The molecule has 1 heterocycles. The van der Waals surface area contributed by atoms with E-state index < -0.39 is 33.9 Å². The molecule has 11 heteroatoms. The fourth-order valence-electron chi connectivity index (χ4n) is 7.25. The Morgan fingerprint density at radius 1 is 0.842 bits per heavy atom. The van der Waals surface area contributed by atoms with Crippen LogP contribution in [0.5, 0.6) is 11.5 Å². The van der Waals surface area contributed by atoms with Gasteiger partial charge in [-0.15, -0.1) is 23.5 Å². The number of benzene rings is 4. The zero-order chi connectivity index (χ0) is 40.6. The SMILES string of the molecule is COc1cc(OCCCC(=O)OC(C)(C)C)cc(C(OC(=O)C(NC(=O)OCC2c3ccccc3-c3ccccc32)C(C)C)C2(c3ccccc3)SCCCS2)c1. The van der Waals surface area contributed by atoms with E-state index in [2.05, 4.69) is 41.7 Å².